The lowest BCUT2D eigenvalue weighted by Gasteiger charge is -2.28. The first-order chi connectivity index (χ1) is 11.6. The first kappa shape index (κ1) is 22.6. The van der Waals surface area contributed by atoms with Crippen LogP contribution in [0.15, 0.2) is 5.38 Å². The van der Waals surface area contributed by atoms with E-state index in [1.54, 1.807) is 41.5 Å². The van der Waals surface area contributed by atoms with E-state index in [1.807, 2.05) is 0 Å². The van der Waals surface area contributed by atoms with Crippen molar-refractivity contribution in [2.45, 2.75) is 65.5 Å². The maximum Gasteiger partial charge on any atom is 0.420 e. The fourth-order valence-electron chi connectivity index (χ4n) is 1.68. The number of hydrogen-bond acceptors (Lipinski definition) is 7. The average molecular weight is 408 g/mol. The van der Waals surface area contributed by atoms with Gasteiger partial charge in [-0.1, -0.05) is 0 Å². The van der Waals surface area contributed by atoms with E-state index in [-0.39, 0.29) is 12.2 Å². The normalized spacial score (nSPS) is 12.6. The van der Waals surface area contributed by atoms with Crippen molar-refractivity contribution in [1.82, 2.24) is 9.88 Å². The first-order valence-corrected chi connectivity index (χ1v) is 10.4. The second-order valence-corrected chi connectivity index (χ2v) is 10.2. The molecule has 11 heteroatoms. The molecule has 0 aliphatic heterocycles. The smallest absolute Gasteiger partial charge is 0.420 e. The van der Waals surface area contributed by atoms with E-state index in [0.717, 1.165) is 16.2 Å². The summed E-state index contributed by atoms with van der Waals surface area (Å²) in [5.41, 5.74) is -1.44. The molecule has 0 aliphatic carbocycles. The molecule has 0 saturated carbocycles. The molecule has 0 spiro atoms. The summed E-state index contributed by atoms with van der Waals surface area (Å²) in [5.74, 6) is 0. The highest BCUT2D eigenvalue weighted by Crippen LogP contribution is 2.39. The van der Waals surface area contributed by atoms with Crippen LogP contribution in [-0.2, 0) is 26.7 Å². The highest BCUT2D eigenvalue weighted by molar-refractivity contribution is 7.50. The van der Waals surface area contributed by atoms with Crippen molar-refractivity contribution in [3.05, 3.63) is 16.1 Å². The Kier molecular flexibility index (Phi) is 6.98. The van der Waals surface area contributed by atoms with E-state index >= 15 is 0 Å². The van der Waals surface area contributed by atoms with E-state index < -0.39 is 37.1 Å². The summed E-state index contributed by atoms with van der Waals surface area (Å²) in [4.78, 5) is 47.6. The highest BCUT2D eigenvalue weighted by Gasteiger charge is 2.32. The molecule has 1 rings (SSSR count). The first-order valence-electron chi connectivity index (χ1n) is 7.77. The quantitative estimate of drug-likeness (QED) is 0.725. The Bertz CT molecular complexity index is 672. The summed E-state index contributed by atoms with van der Waals surface area (Å²) < 4.78 is 21.5. The van der Waals surface area contributed by atoms with E-state index in [9.17, 15) is 14.2 Å². The molecule has 9 nitrogen and oxygen atoms in total. The zero-order chi connectivity index (χ0) is 20.3. The molecule has 0 aliphatic rings. The molecule has 0 radical (unpaired) electrons. The van der Waals surface area contributed by atoms with Crippen molar-refractivity contribution in [2.24, 2.45) is 0 Å². The molecule has 1 aromatic rings. The molecule has 0 saturated heterocycles. The number of ether oxygens (including phenoxy) is 2. The van der Waals surface area contributed by atoms with Crippen molar-refractivity contribution in [3.63, 3.8) is 0 Å². The molecule has 0 bridgehead atoms. The van der Waals surface area contributed by atoms with Gasteiger partial charge in [0.2, 0.25) is 0 Å². The van der Waals surface area contributed by atoms with Crippen LogP contribution in [0.4, 0.5) is 9.59 Å². The van der Waals surface area contributed by atoms with E-state index in [2.05, 4.69) is 4.98 Å². The van der Waals surface area contributed by atoms with Crippen LogP contribution in [0, 0.1) is 0 Å². The lowest BCUT2D eigenvalue weighted by Crippen LogP contribution is -2.43. The van der Waals surface area contributed by atoms with Crippen LogP contribution in [0.1, 0.15) is 52.2 Å². The van der Waals surface area contributed by atoms with Crippen LogP contribution in [-0.4, -0.2) is 43.1 Å². The lowest BCUT2D eigenvalue weighted by molar-refractivity contribution is -0.000282. The Labute approximate surface area is 156 Å². The van der Waals surface area contributed by atoms with Crippen LogP contribution >= 0.6 is 18.9 Å². The fourth-order valence-corrected chi connectivity index (χ4v) is 3.17. The Morgan fingerprint density at radius 1 is 1.12 bits per heavy atom. The average Bonchev–Trinajstić information content (AvgIpc) is 2.76. The third kappa shape index (κ3) is 8.75. The van der Waals surface area contributed by atoms with Gasteiger partial charge in [0.05, 0.1) is 18.4 Å². The van der Waals surface area contributed by atoms with Gasteiger partial charge in [-0.05, 0) is 41.5 Å². The van der Waals surface area contributed by atoms with E-state index in [4.69, 9.17) is 19.3 Å². The number of rotatable bonds is 4. The molecule has 2 amide bonds. The van der Waals surface area contributed by atoms with Crippen LogP contribution in [0.2, 0.25) is 0 Å². The largest absolute Gasteiger partial charge is 0.443 e. The van der Waals surface area contributed by atoms with Gasteiger partial charge in [0.15, 0.2) is 0 Å². The maximum atomic E-state index is 12.4. The van der Waals surface area contributed by atoms with Gasteiger partial charge < -0.3 is 19.3 Å². The van der Waals surface area contributed by atoms with Crippen molar-refractivity contribution in [3.8, 4) is 0 Å². The Hall–Kier alpha value is -1.48. The van der Waals surface area contributed by atoms with Crippen LogP contribution < -0.4 is 0 Å². The van der Waals surface area contributed by atoms with Gasteiger partial charge >= 0.3 is 19.8 Å². The minimum absolute atomic E-state index is 0.187. The topological polar surface area (TPSA) is 126 Å². The van der Waals surface area contributed by atoms with Gasteiger partial charge in [0, 0.05) is 5.38 Å². The van der Waals surface area contributed by atoms with Gasteiger partial charge in [-0.15, -0.1) is 11.3 Å². The van der Waals surface area contributed by atoms with Crippen molar-refractivity contribution in [2.75, 3.05) is 0 Å². The molecule has 0 aromatic carbocycles. The molecule has 1 heterocycles. The third-order valence-corrected chi connectivity index (χ3v) is 4.11. The Morgan fingerprint density at radius 2 is 1.58 bits per heavy atom. The minimum atomic E-state index is -4.26. The number of carbonyl (C=O) groups excluding carboxylic acids is 2. The molecular formula is C15H25N2O7PS. The van der Waals surface area contributed by atoms with E-state index in [1.165, 1.54) is 5.38 Å². The monoisotopic (exact) mass is 408 g/mol. The van der Waals surface area contributed by atoms with Gasteiger partial charge in [0.25, 0.3) is 0 Å². The van der Waals surface area contributed by atoms with Crippen molar-refractivity contribution in [1.29, 1.82) is 0 Å². The molecule has 0 unspecified atom stereocenters. The van der Waals surface area contributed by atoms with Gasteiger partial charge in [-0.2, -0.15) is 0 Å². The van der Waals surface area contributed by atoms with Gasteiger partial charge in [-0.3, -0.25) is 4.57 Å². The Morgan fingerprint density at radius 3 is 1.96 bits per heavy atom. The number of nitrogens with zero attached hydrogens (tertiary/aromatic N) is 2. The predicted octanol–water partition coefficient (Wildman–Crippen LogP) is 3.49. The summed E-state index contributed by atoms with van der Waals surface area (Å²) in [5, 5.41) is 1.79. The lowest BCUT2D eigenvalue weighted by atomic mass is 10.2. The summed E-state index contributed by atoms with van der Waals surface area (Å²) >= 11 is 1.08. The number of thiazole rings is 1. The van der Waals surface area contributed by atoms with Crippen molar-refractivity contribution < 1.29 is 33.4 Å². The number of aromatic nitrogens is 1. The number of amides is 2. The number of carbonyl (C=O) groups is 2. The third-order valence-electron chi connectivity index (χ3n) is 2.49. The number of imide groups is 1. The summed E-state index contributed by atoms with van der Waals surface area (Å²) in [7, 11) is -4.26. The summed E-state index contributed by atoms with van der Waals surface area (Å²) in [6.45, 7) is 9.77. The molecule has 26 heavy (non-hydrogen) atoms. The standard InChI is InChI=1S/C15H25N2O7PS/c1-14(2,3)23-12(18)17(13(19)24-15(4,5)6)7-11-16-10(9-26-11)8-25(20,21)22/h9H,7-8H2,1-6H3,(H2,20,21,22). The fraction of sp³-hybridized carbons (Fsp3) is 0.667. The molecule has 148 valence electrons. The molecule has 1 aromatic heterocycles. The van der Waals surface area contributed by atoms with Gasteiger partial charge in [-0.25, -0.2) is 19.5 Å². The van der Waals surface area contributed by atoms with Crippen LogP contribution in [0.25, 0.3) is 0 Å². The summed E-state index contributed by atoms with van der Waals surface area (Å²) in [6, 6.07) is 0. The SMILES string of the molecule is CC(C)(C)OC(=O)N(Cc1nc(CP(=O)(O)O)cs1)C(=O)OC(C)(C)C. The molecule has 0 atom stereocenters. The summed E-state index contributed by atoms with van der Waals surface area (Å²) in [6.07, 6.45) is -2.29. The number of hydrogen-bond donors (Lipinski definition) is 2. The molecule has 0 fully saturated rings. The maximum absolute atomic E-state index is 12.4. The second kappa shape index (κ2) is 8.04. The van der Waals surface area contributed by atoms with Crippen LogP contribution in [0.3, 0.4) is 0 Å². The molecule has 2 N–H and O–H groups in total. The highest BCUT2D eigenvalue weighted by atomic mass is 32.1. The van der Waals surface area contributed by atoms with Gasteiger partial charge in [0.1, 0.15) is 16.2 Å². The second-order valence-electron chi connectivity index (χ2n) is 7.60. The minimum Gasteiger partial charge on any atom is -0.443 e. The predicted molar refractivity (Wildman–Crippen MR) is 95.9 cm³/mol. The van der Waals surface area contributed by atoms with Crippen molar-refractivity contribution >= 4 is 31.1 Å². The zero-order valence-electron chi connectivity index (χ0n) is 15.7. The Balaban J connectivity index is 3.00. The van der Waals surface area contributed by atoms with Crippen LogP contribution in [0.5, 0.6) is 0 Å². The zero-order valence-corrected chi connectivity index (χ0v) is 17.4. The van der Waals surface area contributed by atoms with E-state index in [0.29, 0.717) is 5.01 Å². The molecular weight excluding hydrogens is 383 g/mol.